The maximum absolute atomic E-state index is 13.4. The molecule has 3 rings (SSSR count). The Balaban J connectivity index is 1.44. The number of hydrogen-bond donors (Lipinski definition) is 3. The van der Waals surface area contributed by atoms with Crippen molar-refractivity contribution in [2.45, 2.75) is 110 Å². The van der Waals surface area contributed by atoms with E-state index in [4.69, 9.17) is 9.84 Å². The molecule has 7 nitrogen and oxygen atoms in total. The van der Waals surface area contributed by atoms with Gasteiger partial charge in [0.15, 0.2) is 0 Å². The molecule has 2 unspecified atom stereocenters. The number of aliphatic carboxylic acids is 1. The number of carbonyl (C=O) groups excluding carboxylic acids is 1. The van der Waals surface area contributed by atoms with Crippen LogP contribution in [-0.2, 0) is 20.7 Å². The summed E-state index contributed by atoms with van der Waals surface area (Å²) in [6.45, 7) is 9.99. The van der Waals surface area contributed by atoms with Crippen LogP contribution < -0.4 is 0 Å². The fraction of sp³-hybridized carbons (Fsp3) is 0.700. The molecule has 1 fully saturated rings. The van der Waals surface area contributed by atoms with E-state index in [0.717, 1.165) is 42.6 Å². The monoisotopic (exact) mass is 547 g/mol. The molecular formula is C30H45NO6S. The Hall–Kier alpha value is -1.87. The summed E-state index contributed by atoms with van der Waals surface area (Å²) in [5.41, 5.74) is 0.431. The van der Waals surface area contributed by atoms with Gasteiger partial charge in [0.2, 0.25) is 0 Å². The maximum atomic E-state index is 13.4. The van der Waals surface area contributed by atoms with E-state index >= 15 is 0 Å². The predicted molar refractivity (Wildman–Crippen MR) is 150 cm³/mol. The van der Waals surface area contributed by atoms with Gasteiger partial charge in [-0.1, -0.05) is 39.7 Å². The number of ketones is 1. The van der Waals surface area contributed by atoms with Crippen LogP contribution in [0.1, 0.15) is 89.6 Å². The molecule has 1 aromatic carbocycles. The van der Waals surface area contributed by atoms with Crippen molar-refractivity contribution in [2.24, 2.45) is 17.3 Å². The zero-order valence-electron chi connectivity index (χ0n) is 23.5. The summed E-state index contributed by atoms with van der Waals surface area (Å²) >= 11 is 1.71. The number of epoxide rings is 1. The Morgan fingerprint density at radius 3 is 2.55 bits per heavy atom. The van der Waals surface area contributed by atoms with Crippen LogP contribution in [0.5, 0.6) is 0 Å². The van der Waals surface area contributed by atoms with E-state index < -0.39 is 29.5 Å². The molecule has 38 heavy (non-hydrogen) atoms. The van der Waals surface area contributed by atoms with Gasteiger partial charge < -0.3 is 20.1 Å². The Bertz CT molecular complexity index is 1090. The second-order valence-corrected chi connectivity index (χ2v) is 13.4. The minimum absolute atomic E-state index is 0.0737. The number of Topliss-reactive ketones (excluding diaryl/α,β-unsaturated/α-hetero) is 1. The number of hydrogen-bond acceptors (Lipinski definition) is 7. The fourth-order valence-electron chi connectivity index (χ4n) is 5.42. The third-order valence-corrected chi connectivity index (χ3v) is 8.95. The first-order valence-corrected chi connectivity index (χ1v) is 14.7. The van der Waals surface area contributed by atoms with Crippen LogP contribution in [0.2, 0.25) is 0 Å². The van der Waals surface area contributed by atoms with Gasteiger partial charge in [-0.25, -0.2) is 4.98 Å². The molecule has 8 heteroatoms. The number of carboxylic acid groups (broad SMARTS) is 1. The van der Waals surface area contributed by atoms with Crippen molar-refractivity contribution in [3.63, 3.8) is 0 Å². The second kappa shape index (κ2) is 13.0. The lowest BCUT2D eigenvalue weighted by Gasteiger charge is -2.33. The van der Waals surface area contributed by atoms with E-state index in [1.807, 2.05) is 13.8 Å². The molecule has 2 aromatic rings. The van der Waals surface area contributed by atoms with E-state index in [0.29, 0.717) is 25.9 Å². The Morgan fingerprint density at radius 1 is 1.21 bits per heavy atom. The minimum atomic E-state index is -1.23. The van der Waals surface area contributed by atoms with Crippen LogP contribution in [0.25, 0.3) is 10.2 Å². The van der Waals surface area contributed by atoms with E-state index in [9.17, 15) is 19.8 Å². The Labute approximate surface area is 230 Å². The van der Waals surface area contributed by atoms with Crippen LogP contribution in [-0.4, -0.2) is 56.5 Å². The van der Waals surface area contributed by atoms with Crippen LogP contribution in [0, 0.1) is 24.2 Å². The van der Waals surface area contributed by atoms with Gasteiger partial charge in [-0.3, -0.25) is 9.59 Å². The summed E-state index contributed by atoms with van der Waals surface area (Å²) in [4.78, 5) is 29.0. The average Bonchev–Trinajstić information content (AvgIpc) is 3.55. The number of aliphatic hydroxyl groups is 2. The summed E-state index contributed by atoms with van der Waals surface area (Å²) in [5, 5.41) is 31.5. The molecule has 1 aliphatic rings. The van der Waals surface area contributed by atoms with Gasteiger partial charge >= 0.3 is 5.97 Å². The summed E-state index contributed by atoms with van der Waals surface area (Å²) in [7, 11) is 0. The van der Waals surface area contributed by atoms with Gasteiger partial charge in [-0.2, -0.15) is 0 Å². The third-order valence-electron chi connectivity index (χ3n) is 8.00. The van der Waals surface area contributed by atoms with Gasteiger partial charge in [0.1, 0.15) is 5.78 Å². The molecule has 2 heterocycles. The highest BCUT2D eigenvalue weighted by Crippen LogP contribution is 2.36. The summed E-state index contributed by atoms with van der Waals surface area (Å²) in [6, 6.07) is 6.44. The summed E-state index contributed by atoms with van der Waals surface area (Å²) < 4.78 is 6.59. The fourth-order valence-corrected chi connectivity index (χ4v) is 6.23. The molecule has 1 saturated heterocycles. The topological polar surface area (TPSA) is 120 Å². The first kappa shape index (κ1) is 30.7. The highest BCUT2D eigenvalue weighted by atomic mass is 32.1. The molecule has 0 saturated carbocycles. The molecule has 3 N–H and O–H groups in total. The van der Waals surface area contributed by atoms with Crippen molar-refractivity contribution in [3.8, 4) is 0 Å². The summed E-state index contributed by atoms with van der Waals surface area (Å²) in [6.07, 6.45) is 4.68. The predicted octanol–water partition coefficient (Wildman–Crippen LogP) is 5.71. The number of benzene rings is 1. The number of rotatable bonds is 17. The molecule has 212 valence electrons. The number of ether oxygens (including phenoxy) is 1. The third kappa shape index (κ3) is 9.11. The number of aliphatic hydroxyl groups excluding tert-OH is 1. The molecule has 0 radical (unpaired) electrons. The number of carbonyl (C=O) groups is 2. The molecule has 1 aliphatic heterocycles. The Morgan fingerprint density at radius 2 is 1.89 bits per heavy atom. The van der Waals surface area contributed by atoms with Crippen molar-refractivity contribution in [1.82, 2.24) is 4.98 Å². The number of fused-ring (bicyclic) bond motifs is 1. The lowest BCUT2D eigenvalue weighted by atomic mass is 9.72. The van der Waals surface area contributed by atoms with E-state index in [1.165, 1.54) is 10.3 Å². The normalized spacial score (nSPS) is 19.6. The number of thiazole rings is 1. The van der Waals surface area contributed by atoms with E-state index in [-0.39, 0.29) is 23.7 Å². The van der Waals surface area contributed by atoms with Crippen LogP contribution in [0.4, 0.5) is 0 Å². The van der Waals surface area contributed by atoms with Gasteiger partial charge in [-0.05, 0) is 76.0 Å². The van der Waals surface area contributed by atoms with Crippen molar-refractivity contribution < 1.29 is 29.6 Å². The quantitative estimate of drug-likeness (QED) is 0.217. The molecule has 1 aromatic heterocycles. The van der Waals surface area contributed by atoms with E-state index in [1.54, 1.807) is 25.2 Å². The zero-order valence-corrected chi connectivity index (χ0v) is 24.4. The SMILES string of the molecule is Cc1nc2cc(CCCC(C)(O)CCC[C@H](C)C[C@@H](CC3CO3)C(=O)C(C)(C)[C@@H](O)CC(=O)O)ccc2s1. The average molecular weight is 548 g/mol. The molecule has 0 bridgehead atoms. The van der Waals surface area contributed by atoms with Crippen molar-refractivity contribution in [2.75, 3.05) is 6.61 Å². The highest BCUT2D eigenvalue weighted by molar-refractivity contribution is 7.18. The zero-order chi connectivity index (χ0) is 28.1. The number of aromatic nitrogens is 1. The van der Waals surface area contributed by atoms with E-state index in [2.05, 4.69) is 30.1 Å². The van der Waals surface area contributed by atoms with Gasteiger partial charge in [0, 0.05) is 5.92 Å². The molecule has 0 aliphatic carbocycles. The standard InChI is InChI=1S/C30H45NO6S/c1-19(14-22(16-23-18-37-23)28(35)29(3,4)26(32)17-27(33)34)8-6-12-30(5,36)13-7-9-21-10-11-25-24(15-21)31-20(2)38-25/h10-11,15,19,22-23,26,32,36H,6-9,12-14,16-18H2,1-5H3,(H,33,34)/t19-,22-,23?,26-,30?/m0/s1. The first-order chi connectivity index (χ1) is 17.8. The molecule has 0 spiro atoms. The maximum Gasteiger partial charge on any atom is 0.306 e. The molecule has 5 atom stereocenters. The molecule has 0 amide bonds. The van der Waals surface area contributed by atoms with Gasteiger partial charge in [-0.15, -0.1) is 11.3 Å². The second-order valence-electron chi connectivity index (χ2n) is 12.2. The summed E-state index contributed by atoms with van der Waals surface area (Å²) in [5.74, 6) is -1.22. The van der Waals surface area contributed by atoms with Crippen molar-refractivity contribution in [3.05, 3.63) is 28.8 Å². The minimum Gasteiger partial charge on any atom is -0.481 e. The number of nitrogens with zero attached hydrogens (tertiary/aromatic N) is 1. The highest BCUT2D eigenvalue weighted by Gasteiger charge is 2.42. The van der Waals surface area contributed by atoms with Gasteiger partial charge in [0.25, 0.3) is 0 Å². The number of aryl methyl sites for hydroxylation is 2. The lowest BCUT2D eigenvalue weighted by Crippen LogP contribution is -2.42. The lowest BCUT2D eigenvalue weighted by molar-refractivity contribution is -0.146. The van der Waals surface area contributed by atoms with Crippen molar-refractivity contribution >= 4 is 33.3 Å². The Kier molecular flexibility index (Phi) is 10.5. The smallest absolute Gasteiger partial charge is 0.306 e. The largest absolute Gasteiger partial charge is 0.481 e. The molecular weight excluding hydrogens is 502 g/mol. The van der Waals surface area contributed by atoms with Crippen LogP contribution in [0.3, 0.4) is 0 Å². The first-order valence-electron chi connectivity index (χ1n) is 13.9. The van der Waals surface area contributed by atoms with Crippen molar-refractivity contribution in [1.29, 1.82) is 0 Å². The van der Waals surface area contributed by atoms with Gasteiger partial charge in [0.05, 0.1) is 51.5 Å². The van der Waals surface area contributed by atoms with Crippen LogP contribution in [0.15, 0.2) is 18.2 Å². The number of carboxylic acids is 1. The van der Waals surface area contributed by atoms with Crippen LogP contribution >= 0.6 is 11.3 Å².